The van der Waals surface area contributed by atoms with Crippen molar-refractivity contribution in [3.63, 3.8) is 0 Å². The van der Waals surface area contributed by atoms with Gasteiger partial charge in [-0.1, -0.05) is 0 Å². The molecule has 1 N–H and O–H groups in total. The van der Waals surface area contributed by atoms with Crippen molar-refractivity contribution in [1.82, 2.24) is 4.90 Å². The summed E-state index contributed by atoms with van der Waals surface area (Å²) in [5, 5.41) is 9.74. The summed E-state index contributed by atoms with van der Waals surface area (Å²) >= 11 is 0. The summed E-state index contributed by atoms with van der Waals surface area (Å²) in [6.07, 6.45) is 0.257. The molecule has 17 heavy (non-hydrogen) atoms. The van der Waals surface area contributed by atoms with E-state index in [-0.39, 0.29) is 12.1 Å². The molecule has 5 heteroatoms. The zero-order valence-corrected chi connectivity index (χ0v) is 10.9. The fourth-order valence-corrected chi connectivity index (χ4v) is 2.01. The molecule has 1 aliphatic heterocycles. The van der Waals surface area contributed by atoms with Crippen LogP contribution < -0.4 is 0 Å². The lowest BCUT2D eigenvalue weighted by Crippen LogP contribution is -2.47. The lowest BCUT2D eigenvalue weighted by atomic mass is 9.95. The molecule has 0 aromatic rings. The predicted octanol–water partition coefficient (Wildman–Crippen LogP) is 0.267. The maximum absolute atomic E-state index is 11.5. The molecule has 0 saturated carbocycles. The molecule has 1 fully saturated rings. The summed E-state index contributed by atoms with van der Waals surface area (Å²) in [5.74, 6) is -0.750. The third-order valence-electron chi connectivity index (χ3n) is 3.02. The Balaban J connectivity index is 2.36. The molecule has 5 nitrogen and oxygen atoms in total. The maximum atomic E-state index is 11.5. The fourth-order valence-electron chi connectivity index (χ4n) is 2.01. The molecule has 100 valence electrons. The number of likely N-dealkylation sites (tertiary alicyclic amines) is 1. The molecule has 1 saturated heterocycles. The molecule has 1 aliphatic rings. The van der Waals surface area contributed by atoms with E-state index in [2.05, 4.69) is 4.90 Å². The van der Waals surface area contributed by atoms with Crippen LogP contribution in [0.1, 0.15) is 20.3 Å². The molecule has 0 amide bonds. The molecule has 0 aliphatic carbocycles. The van der Waals surface area contributed by atoms with E-state index in [1.807, 2.05) is 13.8 Å². The van der Waals surface area contributed by atoms with Gasteiger partial charge in [0.15, 0.2) is 0 Å². The van der Waals surface area contributed by atoms with Crippen molar-refractivity contribution < 1.29 is 19.4 Å². The Bertz CT molecular complexity index is 245. The minimum Gasteiger partial charge on any atom is -0.469 e. The number of hydrogen-bond acceptors (Lipinski definition) is 5. The highest BCUT2D eigenvalue weighted by atomic mass is 16.5. The van der Waals surface area contributed by atoms with Crippen molar-refractivity contribution in [2.45, 2.75) is 32.5 Å². The van der Waals surface area contributed by atoms with Gasteiger partial charge in [-0.2, -0.15) is 0 Å². The first-order chi connectivity index (χ1) is 8.04. The van der Waals surface area contributed by atoms with Crippen LogP contribution >= 0.6 is 0 Å². The van der Waals surface area contributed by atoms with E-state index >= 15 is 0 Å². The third-order valence-corrected chi connectivity index (χ3v) is 3.02. The van der Waals surface area contributed by atoms with Gasteiger partial charge in [0, 0.05) is 19.6 Å². The number of hydrogen-bond donors (Lipinski definition) is 1. The first-order valence-electron chi connectivity index (χ1n) is 6.14. The number of rotatable bonds is 5. The largest absolute Gasteiger partial charge is 0.469 e. The quantitative estimate of drug-likeness (QED) is 0.704. The Labute approximate surface area is 103 Å². The minimum atomic E-state index is -0.579. The van der Waals surface area contributed by atoms with E-state index in [9.17, 15) is 9.90 Å². The predicted molar refractivity (Wildman–Crippen MR) is 63.7 cm³/mol. The van der Waals surface area contributed by atoms with Crippen LogP contribution in [0.2, 0.25) is 0 Å². The van der Waals surface area contributed by atoms with Gasteiger partial charge in [0.05, 0.1) is 31.8 Å². The van der Waals surface area contributed by atoms with Crippen LogP contribution in [0.25, 0.3) is 0 Å². The molecular formula is C12H23NO4. The summed E-state index contributed by atoms with van der Waals surface area (Å²) < 4.78 is 10.2. The van der Waals surface area contributed by atoms with Gasteiger partial charge >= 0.3 is 5.97 Å². The number of ether oxygens (including phenoxy) is 2. The summed E-state index contributed by atoms with van der Waals surface area (Å²) in [6.45, 7) is 6.79. The van der Waals surface area contributed by atoms with E-state index in [1.54, 1.807) is 0 Å². The van der Waals surface area contributed by atoms with Crippen molar-refractivity contribution >= 4 is 5.97 Å². The van der Waals surface area contributed by atoms with E-state index in [0.717, 1.165) is 13.1 Å². The van der Waals surface area contributed by atoms with Crippen LogP contribution in [0, 0.1) is 5.92 Å². The van der Waals surface area contributed by atoms with Crippen LogP contribution in [0.4, 0.5) is 0 Å². The van der Waals surface area contributed by atoms with Gasteiger partial charge in [0.2, 0.25) is 0 Å². The summed E-state index contributed by atoms with van der Waals surface area (Å²) in [7, 11) is 1.36. The number of aliphatic hydroxyl groups is 1. The Morgan fingerprint density at radius 1 is 1.53 bits per heavy atom. The molecule has 1 heterocycles. The smallest absolute Gasteiger partial charge is 0.312 e. The van der Waals surface area contributed by atoms with Crippen LogP contribution in [0.15, 0.2) is 0 Å². The maximum Gasteiger partial charge on any atom is 0.312 e. The highest BCUT2D eigenvalue weighted by molar-refractivity contribution is 5.73. The van der Waals surface area contributed by atoms with Crippen LogP contribution in [0.5, 0.6) is 0 Å². The second-order valence-electron chi connectivity index (χ2n) is 4.71. The number of carbonyl (C=O) groups excluding carboxylic acids is 1. The van der Waals surface area contributed by atoms with Crippen LogP contribution in [0.3, 0.4) is 0 Å². The summed E-state index contributed by atoms with van der Waals surface area (Å²) in [6, 6.07) is 0. The molecule has 1 rings (SSSR count). The molecule has 2 atom stereocenters. The second-order valence-corrected chi connectivity index (χ2v) is 4.71. The van der Waals surface area contributed by atoms with Crippen molar-refractivity contribution in [2.75, 3.05) is 33.4 Å². The average Bonchev–Trinajstić information content (AvgIpc) is 2.30. The number of piperidine rings is 1. The Morgan fingerprint density at radius 3 is 2.82 bits per heavy atom. The molecule has 0 aromatic carbocycles. The fraction of sp³-hybridized carbons (Fsp3) is 0.917. The summed E-state index contributed by atoms with van der Waals surface area (Å²) in [5.41, 5.74) is 0. The first kappa shape index (κ1) is 14.4. The van der Waals surface area contributed by atoms with Crippen molar-refractivity contribution in [1.29, 1.82) is 0 Å². The first-order valence-corrected chi connectivity index (χ1v) is 6.14. The number of nitrogens with zero attached hydrogens (tertiary/aromatic N) is 1. The Kier molecular flexibility index (Phi) is 5.88. The van der Waals surface area contributed by atoms with Crippen LogP contribution in [-0.4, -0.2) is 61.5 Å². The molecular weight excluding hydrogens is 222 g/mol. The van der Waals surface area contributed by atoms with Crippen LogP contribution in [-0.2, 0) is 14.3 Å². The number of aliphatic hydroxyl groups excluding tert-OH is 1. The van der Waals surface area contributed by atoms with Crippen molar-refractivity contribution in [3.05, 3.63) is 0 Å². The molecule has 0 unspecified atom stereocenters. The molecule has 0 bridgehead atoms. The van der Waals surface area contributed by atoms with Gasteiger partial charge in [-0.25, -0.2) is 0 Å². The highest BCUT2D eigenvalue weighted by Gasteiger charge is 2.33. The normalized spacial score (nSPS) is 26.2. The van der Waals surface area contributed by atoms with E-state index in [4.69, 9.17) is 9.47 Å². The monoisotopic (exact) mass is 245 g/mol. The number of methoxy groups -OCH3 is 1. The zero-order chi connectivity index (χ0) is 12.8. The standard InChI is InChI=1S/C12H23NO4/c1-9(2)17-7-6-13-5-4-11(14)10(8-13)12(15)16-3/h9-11,14H,4-8H2,1-3H3/t10-,11+/m0/s1. The Hall–Kier alpha value is -0.650. The molecule has 0 radical (unpaired) electrons. The van der Waals surface area contributed by atoms with Gasteiger partial charge in [0.1, 0.15) is 0 Å². The highest BCUT2D eigenvalue weighted by Crippen LogP contribution is 2.18. The van der Waals surface area contributed by atoms with Crippen molar-refractivity contribution in [3.8, 4) is 0 Å². The molecule has 0 aromatic heterocycles. The van der Waals surface area contributed by atoms with Gasteiger partial charge in [-0.3, -0.25) is 9.69 Å². The second kappa shape index (κ2) is 6.93. The lowest BCUT2D eigenvalue weighted by molar-refractivity contribution is -0.152. The van der Waals surface area contributed by atoms with Gasteiger partial charge in [-0.15, -0.1) is 0 Å². The number of esters is 1. The van der Waals surface area contributed by atoms with Gasteiger partial charge in [0.25, 0.3) is 0 Å². The zero-order valence-electron chi connectivity index (χ0n) is 10.9. The van der Waals surface area contributed by atoms with E-state index in [1.165, 1.54) is 7.11 Å². The lowest BCUT2D eigenvalue weighted by Gasteiger charge is -2.34. The SMILES string of the molecule is COC(=O)[C@H]1CN(CCOC(C)C)CC[C@H]1O. The summed E-state index contributed by atoms with van der Waals surface area (Å²) in [4.78, 5) is 13.6. The topological polar surface area (TPSA) is 59.0 Å². The van der Waals surface area contributed by atoms with E-state index in [0.29, 0.717) is 19.6 Å². The minimum absolute atomic E-state index is 0.224. The van der Waals surface area contributed by atoms with E-state index < -0.39 is 12.0 Å². The average molecular weight is 245 g/mol. The molecule has 0 spiro atoms. The van der Waals surface area contributed by atoms with Gasteiger partial charge in [-0.05, 0) is 20.3 Å². The Morgan fingerprint density at radius 2 is 2.24 bits per heavy atom. The third kappa shape index (κ3) is 4.61. The van der Waals surface area contributed by atoms with Gasteiger partial charge < -0.3 is 14.6 Å². The number of carbonyl (C=O) groups is 1. The van der Waals surface area contributed by atoms with Crippen molar-refractivity contribution in [2.24, 2.45) is 5.92 Å².